The van der Waals surface area contributed by atoms with Crippen LogP contribution in [0.5, 0.6) is 0 Å². The lowest BCUT2D eigenvalue weighted by Crippen LogP contribution is -2.33. The van der Waals surface area contributed by atoms with E-state index >= 15 is 0 Å². The third-order valence-corrected chi connectivity index (χ3v) is 5.63. The molecule has 130 valence electrons. The number of carbonyl (C=O) groups is 1. The molecule has 2 aromatic heterocycles. The molecule has 1 amide bonds. The van der Waals surface area contributed by atoms with E-state index in [1.54, 1.807) is 23.2 Å². The molecule has 1 fully saturated rings. The van der Waals surface area contributed by atoms with Crippen LogP contribution in [0.2, 0.25) is 5.02 Å². The molecule has 6 nitrogen and oxygen atoms in total. The molecule has 0 saturated carbocycles. The predicted octanol–water partition coefficient (Wildman–Crippen LogP) is 3.12. The number of likely N-dealkylation sites (tertiary alicyclic amines) is 1. The van der Waals surface area contributed by atoms with Gasteiger partial charge in [0.15, 0.2) is 0 Å². The van der Waals surface area contributed by atoms with Crippen molar-refractivity contribution in [3.05, 3.63) is 45.9 Å². The maximum atomic E-state index is 12.9. The number of β-amino-alcohol motifs (C(OH)–C–C–N with tert-alkyl or cyclic N) is 1. The molecule has 0 unspecified atom stereocenters. The molecule has 1 aliphatic rings. The van der Waals surface area contributed by atoms with Gasteiger partial charge >= 0.3 is 0 Å². The zero-order valence-corrected chi connectivity index (χ0v) is 15.0. The normalized spacial score (nSPS) is 20.5. The fraction of sp³-hybridized carbons (Fsp3) is 0.353. The van der Waals surface area contributed by atoms with Gasteiger partial charge in [-0.1, -0.05) is 11.6 Å². The van der Waals surface area contributed by atoms with Crippen LogP contribution in [0.3, 0.4) is 0 Å². The van der Waals surface area contributed by atoms with Gasteiger partial charge in [0.25, 0.3) is 0 Å². The van der Waals surface area contributed by atoms with Crippen LogP contribution < -0.4 is 0 Å². The maximum Gasteiger partial charge on any atom is 0.239 e. The number of hydrogen-bond acceptors (Lipinski definition) is 6. The van der Waals surface area contributed by atoms with Gasteiger partial charge in [0.2, 0.25) is 17.7 Å². The molecular weight excluding hydrogens is 362 g/mol. The molecule has 0 radical (unpaired) electrons. The summed E-state index contributed by atoms with van der Waals surface area (Å²) in [7, 11) is 0. The summed E-state index contributed by atoms with van der Waals surface area (Å²) in [6.45, 7) is 1.98. The van der Waals surface area contributed by atoms with Gasteiger partial charge in [-0.2, -0.15) is 0 Å². The van der Waals surface area contributed by atoms with E-state index in [1.807, 2.05) is 23.6 Å². The molecular formula is C17H16ClN3O3S. The van der Waals surface area contributed by atoms with E-state index in [-0.39, 0.29) is 24.9 Å². The average Bonchev–Trinajstić information content (AvgIpc) is 3.26. The number of thiophene rings is 1. The number of fused-ring (bicyclic) bond motifs is 1. The van der Waals surface area contributed by atoms with Gasteiger partial charge < -0.3 is 14.4 Å². The van der Waals surface area contributed by atoms with E-state index in [2.05, 4.69) is 10.2 Å². The molecule has 3 heterocycles. The van der Waals surface area contributed by atoms with E-state index in [9.17, 15) is 9.90 Å². The van der Waals surface area contributed by atoms with Gasteiger partial charge in [0.1, 0.15) is 6.04 Å². The van der Waals surface area contributed by atoms with E-state index in [4.69, 9.17) is 16.0 Å². The molecule has 4 rings (SSSR count). The van der Waals surface area contributed by atoms with Crippen LogP contribution >= 0.6 is 22.9 Å². The summed E-state index contributed by atoms with van der Waals surface area (Å²) in [6.07, 6.45) is 0.0649. The average molecular weight is 378 g/mol. The number of hydrogen-bond donors (Lipinski definition) is 1. The number of aliphatic hydroxyl groups is 1. The van der Waals surface area contributed by atoms with Crippen LogP contribution in [-0.4, -0.2) is 38.8 Å². The van der Waals surface area contributed by atoms with Gasteiger partial charge in [-0.25, -0.2) is 0 Å². The minimum absolute atomic E-state index is 0.0721. The van der Waals surface area contributed by atoms with Crippen molar-refractivity contribution >= 4 is 38.9 Å². The number of nitrogens with zero attached hydrogens (tertiary/aromatic N) is 3. The van der Waals surface area contributed by atoms with Crippen LogP contribution in [0.1, 0.15) is 29.8 Å². The summed E-state index contributed by atoms with van der Waals surface area (Å²) in [6, 6.07) is 5.31. The Kier molecular flexibility index (Phi) is 4.23. The number of aromatic nitrogens is 2. The predicted molar refractivity (Wildman–Crippen MR) is 94.7 cm³/mol. The van der Waals surface area contributed by atoms with E-state index in [0.717, 1.165) is 15.6 Å². The number of aliphatic hydroxyl groups excluding tert-OH is 1. The molecule has 0 bridgehead atoms. The minimum atomic E-state index is -0.588. The molecule has 2 atom stereocenters. The highest BCUT2D eigenvalue weighted by Crippen LogP contribution is 2.34. The number of benzene rings is 1. The first-order valence-electron chi connectivity index (χ1n) is 7.94. The van der Waals surface area contributed by atoms with Crippen LogP contribution in [0.4, 0.5) is 0 Å². The molecule has 3 aromatic rings. The highest BCUT2D eigenvalue weighted by Gasteiger charge is 2.38. The Morgan fingerprint density at radius 2 is 2.32 bits per heavy atom. The van der Waals surface area contributed by atoms with Crippen LogP contribution in [0, 0.1) is 6.92 Å². The molecule has 1 aromatic carbocycles. The highest BCUT2D eigenvalue weighted by atomic mass is 35.5. The smallest absolute Gasteiger partial charge is 0.239 e. The zero-order chi connectivity index (χ0) is 17.6. The quantitative estimate of drug-likeness (QED) is 0.758. The SMILES string of the molecule is Cc1nnc([C@H]2C[C@@H](O)CN2C(=O)Cc2csc3ccc(Cl)cc23)o1. The first-order valence-corrected chi connectivity index (χ1v) is 9.20. The first kappa shape index (κ1) is 16.5. The summed E-state index contributed by atoms with van der Waals surface area (Å²) in [4.78, 5) is 14.5. The lowest BCUT2D eigenvalue weighted by molar-refractivity contribution is -0.132. The van der Waals surface area contributed by atoms with Crippen molar-refractivity contribution < 1.29 is 14.3 Å². The first-order chi connectivity index (χ1) is 12.0. The topological polar surface area (TPSA) is 79.5 Å². The standard InChI is InChI=1S/C17H16ClN3O3S/c1-9-19-20-17(24-9)14-6-12(22)7-21(14)16(23)4-10-8-25-15-3-2-11(18)5-13(10)15/h2-3,5,8,12,14,22H,4,6-7H2,1H3/t12-,14-/m1/s1. The summed E-state index contributed by atoms with van der Waals surface area (Å²) in [5.74, 6) is 0.750. The lowest BCUT2D eigenvalue weighted by Gasteiger charge is -2.21. The van der Waals surface area contributed by atoms with Crippen molar-refractivity contribution in [1.29, 1.82) is 0 Å². The second kappa shape index (κ2) is 6.40. The second-order valence-electron chi connectivity index (χ2n) is 6.19. The Labute approximate surface area is 153 Å². The Morgan fingerprint density at radius 3 is 3.08 bits per heavy atom. The lowest BCUT2D eigenvalue weighted by atomic mass is 10.1. The second-order valence-corrected chi connectivity index (χ2v) is 7.54. The van der Waals surface area contributed by atoms with Crippen molar-refractivity contribution in [2.75, 3.05) is 6.54 Å². The molecule has 1 N–H and O–H groups in total. The number of halogens is 1. The van der Waals surface area contributed by atoms with Crippen molar-refractivity contribution in [2.45, 2.75) is 31.9 Å². The Bertz CT molecular complexity index is 938. The highest BCUT2D eigenvalue weighted by molar-refractivity contribution is 7.17. The number of amides is 1. The van der Waals surface area contributed by atoms with Crippen molar-refractivity contribution in [3.8, 4) is 0 Å². The third kappa shape index (κ3) is 3.15. The number of rotatable bonds is 3. The molecule has 1 saturated heterocycles. The monoisotopic (exact) mass is 377 g/mol. The minimum Gasteiger partial charge on any atom is -0.423 e. The third-order valence-electron chi connectivity index (χ3n) is 4.38. The van der Waals surface area contributed by atoms with Gasteiger partial charge in [0.05, 0.1) is 12.5 Å². The van der Waals surface area contributed by atoms with Gasteiger partial charge in [-0.15, -0.1) is 21.5 Å². The molecule has 0 aliphatic carbocycles. The van der Waals surface area contributed by atoms with Crippen LogP contribution in [-0.2, 0) is 11.2 Å². The van der Waals surface area contributed by atoms with E-state index in [1.165, 1.54) is 0 Å². The summed E-state index contributed by atoms with van der Waals surface area (Å²) >= 11 is 7.67. The fourth-order valence-corrected chi connectivity index (χ4v) is 4.34. The zero-order valence-electron chi connectivity index (χ0n) is 13.5. The molecule has 1 aliphatic heterocycles. The largest absolute Gasteiger partial charge is 0.423 e. The summed E-state index contributed by atoms with van der Waals surface area (Å²) in [5, 5.41) is 21.5. The Morgan fingerprint density at radius 1 is 1.48 bits per heavy atom. The maximum absolute atomic E-state index is 12.9. The summed E-state index contributed by atoms with van der Waals surface area (Å²) in [5.41, 5.74) is 0.939. The fourth-order valence-electron chi connectivity index (χ4n) is 3.23. The van der Waals surface area contributed by atoms with Crippen molar-refractivity contribution in [2.24, 2.45) is 0 Å². The van der Waals surface area contributed by atoms with Crippen LogP contribution in [0.25, 0.3) is 10.1 Å². The Hall–Kier alpha value is -1.96. The van der Waals surface area contributed by atoms with Crippen LogP contribution in [0.15, 0.2) is 28.0 Å². The van der Waals surface area contributed by atoms with E-state index in [0.29, 0.717) is 23.2 Å². The molecule has 8 heteroatoms. The van der Waals surface area contributed by atoms with Crippen molar-refractivity contribution in [3.63, 3.8) is 0 Å². The summed E-state index contributed by atoms with van der Waals surface area (Å²) < 4.78 is 6.57. The van der Waals surface area contributed by atoms with Crippen molar-refractivity contribution in [1.82, 2.24) is 15.1 Å². The van der Waals surface area contributed by atoms with Gasteiger partial charge in [0, 0.05) is 29.6 Å². The van der Waals surface area contributed by atoms with Gasteiger partial charge in [-0.3, -0.25) is 4.79 Å². The number of aryl methyl sites for hydroxylation is 1. The Balaban J connectivity index is 1.59. The molecule has 25 heavy (non-hydrogen) atoms. The van der Waals surface area contributed by atoms with E-state index < -0.39 is 6.10 Å². The van der Waals surface area contributed by atoms with Gasteiger partial charge in [-0.05, 0) is 34.5 Å². The molecule has 0 spiro atoms. The number of carbonyl (C=O) groups excluding carboxylic acids is 1.